The Balaban J connectivity index is 1.49. The van der Waals surface area contributed by atoms with E-state index in [-0.39, 0.29) is 18.1 Å². The molecule has 30 heavy (non-hydrogen) atoms. The lowest BCUT2D eigenvalue weighted by Crippen LogP contribution is -2.52. The number of nitrogens with zero attached hydrogens (tertiary/aromatic N) is 1. The lowest BCUT2D eigenvalue weighted by Gasteiger charge is -2.44. The minimum Gasteiger partial charge on any atom is -0.486 e. The van der Waals surface area contributed by atoms with Crippen LogP contribution in [0.4, 0.5) is 0 Å². The average Bonchev–Trinajstić information content (AvgIpc) is 2.75. The van der Waals surface area contributed by atoms with Gasteiger partial charge in [-0.05, 0) is 42.8 Å². The predicted molar refractivity (Wildman–Crippen MR) is 111 cm³/mol. The number of piperidine rings is 1. The van der Waals surface area contributed by atoms with E-state index < -0.39 is 11.6 Å². The number of carbonyl (C=O) groups is 3. The number of aryl methyl sites for hydroxylation is 1. The SMILES string of the molecule is COC(=O)c1cccc(C(=O)N2CCC3(CC2)CC(=O)c2cc(Cl)c(C)cc2O3)c1. The summed E-state index contributed by atoms with van der Waals surface area (Å²) in [6, 6.07) is 9.99. The third kappa shape index (κ3) is 3.67. The van der Waals surface area contributed by atoms with Gasteiger partial charge in [-0.2, -0.15) is 0 Å². The lowest BCUT2D eigenvalue weighted by atomic mass is 9.82. The van der Waals surface area contributed by atoms with E-state index in [0.29, 0.717) is 53.4 Å². The molecule has 0 atom stereocenters. The molecule has 1 spiro atoms. The molecule has 0 unspecified atom stereocenters. The second-order valence-corrected chi connectivity index (χ2v) is 8.25. The largest absolute Gasteiger partial charge is 0.486 e. The first-order valence-corrected chi connectivity index (χ1v) is 10.2. The molecule has 7 heteroatoms. The summed E-state index contributed by atoms with van der Waals surface area (Å²) in [5, 5.41) is 0.552. The number of likely N-dealkylation sites (tertiary alicyclic amines) is 1. The highest BCUT2D eigenvalue weighted by molar-refractivity contribution is 6.31. The average molecular weight is 428 g/mol. The van der Waals surface area contributed by atoms with E-state index in [9.17, 15) is 14.4 Å². The Morgan fingerprint density at radius 3 is 2.53 bits per heavy atom. The summed E-state index contributed by atoms with van der Waals surface area (Å²) >= 11 is 6.16. The molecular weight excluding hydrogens is 406 g/mol. The van der Waals surface area contributed by atoms with Crippen LogP contribution in [-0.2, 0) is 4.74 Å². The minimum absolute atomic E-state index is 0.0173. The van der Waals surface area contributed by atoms with Crippen LogP contribution in [0.3, 0.4) is 0 Å². The molecule has 0 saturated carbocycles. The first kappa shape index (κ1) is 20.4. The molecule has 4 rings (SSSR count). The molecule has 2 aliphatic heterocycles. The van der Waals surface area contributed by atoms with Crippen LogP contribution >= 0.6 is 11.6 Å². The number of rotatable bonds is 2. The van der Waals surface area contributed by atoms with Gasteiger partial charge in [0.1, 0.15) is 11.4 Å². The summed E-state index contributed by atoms with van der Waals surface area (Å²) in [6.45, 7) is 2.81. The number of methoxy groups -OCH3 is 1. The number of hydrogen-bond acceptors (Lipinski definition) is 5. The number of halogens is 1. The Morgan fingerprint density at radius 1 is 1.13 bits per heavy atom. The standard InChI is InChI=1S/C23H22ClNO5/c1-14-10-20-17(12-18(14)24)19(26)13-23(30-20)6-8-25(9-7-23)21(27)15-4-3-5-16(11-15)22(28)29-2/h3-5,10-12H,6-9,13H2,1-2H3. The Labute approximate surface area is 179 Å². The Hall–Kier alpha value is -2.86. The number of hydrogen-bond donors (Lipinski definition) is 0. The summed E-state index contributed by atoms with van der Waals surface area (Å²) in [6.07, 6.45) is 1.39. The van der Waals surface area contributed by atoms with Crippen LogP contribution < -0.4 is 4.74 Å². The molecule has 156 valence electrons. The van der Waals surface area contributed by atoms with Gasteiger partial charge in [0.2, 0.25) is 0 Å². The van der Waals surface area contributed by atoms with Gasteiger partial charge in [0.25, 0.3) is 5.91 Å². The number of amides is 1. The second kappa shape index (κ2) is 7.76. The molecule has 1 fully saturated rings. The third-order valence-electron chi connectivity index (χ3n) is 5.86. The van der Waals surface area contributed by atoms with E-state index in [0.717, 1.165) is 5.56 Å². The number of Topliss-reactive ketones (excluding diaryl/α,β-unsaturated/α-hetero) is 1. The first-order chi connectivity index (χ1) is 14.3. The molecule has 0 N–H and O–H groups in total. The van der Waals surface area contributed by atoms with Gasteiger partial charge in [-0.3, -0.25) is 9.59 Å². The maximum atomic E-state index is 12.9. The summed E-state index contributed by atoms with van der Waals surface area (Å²) in [5.74, 6) is -0.0476. The summed E-state index contributed by atoms with van der Waals surface area (Å²) in [7, 11) is 1.31. The van der Waals surface area contributed by atoms with Crippen molar-refractivity contribution in [3.8, 4) is 5.75 Å². The first-order valence-electron chi connectivity index (χ1n) is 9.82. The highest BCUT2D eigenvalue weighted by Crippen LogP contribution is 2.41. The molecule has 2 heterocycles. The molecule has 6 nitrogen and oxygen atoms in total. The van der Waals surface area contributed by atoms with Crippen LogP contribution in [0.1, 0.15) is 55.9 Å². The molecule has 1 amide bonds. The molecule has 2 aromatic rings. The number of ether oxygens (including phenoxy) is 2. The maximum Gasteiger partial charge on any atom is 0.337 e. The van der Waals surface area contributed by atoms with Crippen LogP contribution in [0.15, 0.2) is 36.4 Å². The topological polar surface area (TPSA) is 72.9 Å². The van der Waals surface area contributed by atoms with Crippen molar-refractivity contribution in [1.82, 2.24) is 4.90 Å². The normalized spacial score (nSPS) is 17.3. The van der Waals surface area contributed by atoms with Crippen molar-refractivity contribution in [3.05, 3.63) is 63.7 Å². The van der Waals surface area contributed by atoms with Crippen LogP contribution in [0.25, 0.3) is 0 Å². The molecule has 0 aliphatic carbocycles. The second-order valence-electron chi connectivity index (χ2n) is 7.85. The summed E-state index contributed by atoms with van der Waals surface area (Å²) in [5.41, 5.74) is 1.55. The monoisotopic (exact) mass is 427 g/mol. The van der Waals surface area contributed by atoms with Crippen molar-refractivity contribution in [2.75, 3.05) is 20.2 Å². The van der Waals surface area contributed by atoms with E-state index in [1.165, 1.54) is 7.11 Å². The van der Waals surface area contributed by atoms with Crippen LogP contribution in [0.2, 0.25) is 5.02 Å². The fourth-order valence-electron chi connectivity index (χ4n) is 4.09. The van der Waals surface area contributed by atoms with Gasteiger partial charge in [-0.1, -0.05) is 17.7 Å². The zero-order chi connectivity index (χ0) is 21.5. The van der Waals surface area contributed by atoms with Gasteiger partial charge in [-0.25, -0.2) is 4.79 Å². The van der Waals surface area contributed by atoms with Gasteiger partial charge >= 0.3 is 5.97 Å². The molecule has 1 saturated heterocycles. The Kier molecular flexibility index (Phi) is 5.28. The number of esters is 1. The van der Waals surface area contributed by atoms with Gasteiger partial charge in [0.05, 0.1) is 24.7 Å². The van der Waals surface area contributed by atoms with E-state index in [1.807, 2.05) is 13.0 Å². The molecule has 0 radical (unpaired) electrons. The smallest absolute Gasteiger partial charge is 0.337 e. The third-order valence-corrected chi connectivity index (χ3v) is 6.27. The summed E-state index contributed by atoms with van der Waals surface area (Å²) < 4.78 is 11.0. The Bertz CT molecular complexity index is 1040. The number of ketones is 1. The van der Waals surface area contributed by atoms with Crippen molar-refractivity contribution >= 4 is 29.3 Å². The van der Waals surface area contributed by atoms with Gasteiger partial charge in [0.15, 0.2) is 5.78 Å². The number of carbonyl (C=O) groups excluding carboxylic acids is 3. The quantitative estimate of drug-likeness (QED) is 0.675. The van der Waals surface area contributed by atoms with E-state index in [2.05, 4.69) is 0 Å². The van der Waals surface area contributed by atoms with Crippen LogP contribution in [0, 0.1) is 6.92 Å². The number of fused-ring (bicyclic) bond motifs is 1. The van der Waals surface area contributed by atoms with Crippen molar-refractivity contribution in [1.29, 1.82) is 0 Å². The van der Waals surface area contributed by atoms with E-state index >= 15 is 0 Å². The van der Waals surface area contributed by atoms with Crippen LogP contribution in [-0.4, -0.2) is 48.4 Å². The molecule has 2 aromatic carbocycles. The Morgan fingerprint density at radius 2 is 1.83 bits per heavy atom. The fourth-order valence-corrected chi connectivity index (χ4v) is 4.25. The van der Waals surface area contributed by atoms with E-state index in [4.69, 9.17) is 21.1 Å². The van der Waals surface area contributed by atoms with Gasteiger partial charge in [-0.15, -0.1) is 0 Å². The zero-order valence-corrected chi connectivity index (χ0v) is 17.6. The van der Waals surface area contributed by atoms with Crippen molar-refractivity contribution in [2.45, 2.75) is 31.8 Å². The highest BCUT2D eigenvalue weighted by Gasteiger charge is 2.44. The van der Waals surface area contributed by atoms with Crippen LogP contribution in [0.5, 0.6) is 5.75 Å². The molecule has 0 aromatic heterocycles. The molecular formula is C23H22ClNO5. The molecule has 2 aliphatic rings. The minimum atomic E-state index is -0.602. The maximum absolute atomic E-state index is 12.9. The van der Waals surface area contributed by atoms with E-state index in [1.54, 1.807) is 35.2 Å². The highest BCUT2D eigenvalue weighted by atomic mass is 35.5. The zero-order valence-electron chi connectivity index (χ0n) is 16.9. The van der Waals surface area contributed by atoms with Gasteiger partial charge in [0, 0.05) is 36.5 Å². The fraction of sp³-hybridized carbons (Fsp3) is 0.348. The van der Waals surface area contributed by atoms with Gasteiger partial charge < -0.3 is 14.4 Å². The number of benzene rings is 2. The summed E-state index contributed by atoms with van der Waals surface area (Å²) in [4.78, 5) is 39.1. The lowest BCUT2D eigenvalue weighted by molar-refractivity contribution is -0.00573. The van der Waals surface area contributed by atoms with Crippen molar-refractivity contribution in [3.63, 3.8) is 0 Å². The molecule has 0 bridgehead atoms. The van der Waals surface area contributed by atoms with Crippen molar-refractivity contribution < 1.29 is 23.9 Å². The predicted octanol–water partition coefficient (Wildman–Crippen LogP) is 4.08. The van der Waals surface area contributed by atoms with Crippen molar-refractivity contribution in [2.24, 2.45) is 0 Å².